The van der Waals surface area contributed by atoms with Crippen molar-refractivity contribution in [1.29, 1.82) is 0 Å². The summed E-state index contributed by atoms with van der Waals surface area (Å²) in [5.74, 6) is -0.836. The van der Waals surface area contributed by atoms with Crippen molar-refractivity contribution in [2.75, 3.05) is 31.5 Å². The molecule has 6 nitrogen and oxygen atoms in total. The molecular formula is C22H28F3N3O3. The van der Waals surface area contributed by atoms with E-state index in [4.69, 9.17) is 4.74 Å². The fourth-order valence-electron chi connectivity index (χ4n) is 4.16. The summed E-state index contributed by atoms with van der Waals surface area (Å²) in [6.07, 6.45) is -3.30. The average Bonchev–Trinajstić information content (AvgIpc) is 2.94. The Morgan fingerprint density at radius 1 is 1.23 bits per heavy atom. The van der Waals surface area contributed by atoms with Gasteiger partial charge in [0, 0.05) is 56.3 Å². The number of hydrogen-bond donors (Lipinski definition) is 2. The van der Waals surface area contributed by atoms with Gasteiger partial charge in [-0.15, -0.1) is 0 Å². The summed E-state index contributed by atoms with van der Waals surface area (Å²) in [5.41, 5.74) is -0.623. The number of ether oxygens (including phenoxy) is 1. The Morgan fingerprint density at radius 3 is 2.52 bits per heavy atom. The first kappa shape index (κ1) is 23.1. The molecule has 1 aromatic carbocycles. The second kappa shape index (κ2) is 8.90. The van der Waals surface area contributed by atoms with Gasteiger partial charge in [-0.1, -0.05) is 6.07 Å². The normalized spacial score (nSPS) is 19.1. The van der Waals surface area contributed by atoms with E-state index in [9.17, 15) is 22.8 Å². The van der Waals surface area contributed by atoms with Crippen LogP contribution in [0.25, 0.3) is 0 Å². The SMILES string of the molecule is CC1=C(C(=O)NCCNc2cccc(C(F)(F)F)c2)C2(CCN(C(C)C)CC2)OC1=O. The molecule has 1 saturated heterocycles. The molecule has 1 fully saturated rings. The molecule has 0 radical (unpaired) electrons. The zero-order valence-electron chi connectivity index (χ0n) is 17.9. The molecule has 0 aromatic heterocycles. The number of amides is 1. The van der Waals surface area contributed by atoms with Crippen molar-refractivity contribution in [1.82, 2.24) is 10.2 Å². The first-order valence-corrected chi connectivity index (χ1v) is 10.4. The predicted octanol–water partition coefficient (Wildman–Crippen LogP) is 3.35. The number of halogens is 3. The molecule has 2 aliphatic heterocycles. The summed E-state index contributed by atoms with van der Waals surface area (Å²) >= 11 is 0. The van der Waals surface area contributed by atoms with Crippen molar-refractivity contribution < 1.29 is 27.5 Å². The van der Waals surface area contributed by atoms with Crippen LogP contribution in [-0.2, 0) is 20.5 Å². The highest BCUT2D eigenvalue weighted by atomic mass is 19.4. The number of alkyl halides is 3. The minimum Gasteiger partial charge on any atom is -0.450 e. The molecule has 1 aromatic rings. The van der Waals surface area contributed by atoms with Crippen LogP contribution in [-0.4, -0.2) is 54.6 Å². The minimum atomic E-state index is -4.41. The van der Waals surface area contributed by atoms with Crippen LogP contribution in [0, 0.1) is 0 Å². The van der Waals surface area contributed by atoms with Crippen molar-refractivity contribution in [3.63, 3.8) is 0 Å². The number of likely N-dealkylation sites (tertiary alicyclic amines) is 1. The lowest BCUT2D eigenvalue weighted by Gasteiger charge is -2.40. The maximum absolute atomic E-state index is 12.9. The quantitative estimate of drug-likeness (QED) is 0.526. The van der Waals surface area contributed by atoms with E-state index in [1.807, 2.05) is 0 Å². The molecule has 31 heavy (non-hydrogen) atoms. The summed E-state index contributed by atoms with van der Waals surface area (Å²) < 4.78 is 44.1. The summed E-state index contributed by atoms with van der Waals surface area (Å²) in [6.45, 7) is 7.69. The van der Waals surface area contributed by atoms with Crippen LogP contribution in [0.15, 0.2) is 35.4 Å². The van der Waals surface area contributed by atoms with Gasteiger partial charge in [0.2, 0.25) is 0 Å². The number of esters is 1. The van der Waals surface area contributed by atoms with Gasteiger partial charge in [-0.25, -0.2) is 4.79 Å². The van der Waals surface area contributed by atoms with Crippen molar-refractivity contribution in [2.45, 2.75) is 51.4 Å². The Morgan fingerprint density at radius 2 is 1.90 bits per heavy atom. The van der Waals surface area contributed by atoms with Crippen LogP contribution >= 0.6 is 0 Å². The zero-order chi connectivity index (χ0) is 22.8. The molecule has 170 valence electrons. The van der Waals surface area contributed by atoms with Gasteiger partial charge in [-0.2, -0.15) is 13.2 Å². The first-order chi connectivity index (χ1) is 14.5. The molecule has 2 aliphatic rings. The molecule has 0 bridgehead atoms. The number of nitrogens with one attached hydrogen (secondary N) is 2. The highest BCUT2D eigenvalue weighted by Crippen LogP contribution is 2.41. The van der Waals surface area contributed by atoms with Gasteiger partial charge in [0.15, 0.2) is 0 Å². The summed E-state index contributed by atoms with van der Waals surface area (Å²) in [6, 6.07) is 5.26. The number of hydrogen-bond acceptors (Lipinski definition) is 5. The van der Waals surface area contributed by atoms with E-state index in [-0.39, 0.29) is 19.0 Å². The number of carbonyl (C=O) groups is 2. The number of nitrogens with zero attached hydrogens (tertiary/aromatic N) is 1. The van der Waals surface area contributed by atoms with Gasteiger partial charge in [-0.05, 0) is 39.0 Å². The Kier molecular flexibility index (Phi) is 6.64. The van der Waals surface area contributed by atoms with Gasteiger partial charge in [0.25, 0.3) is 5.91 Å². The van der Waals surface area contributed by atoms with Crippen molar-refractivity contribution in [3.8, 4) is 0 Å². The Balaban J connectivity index is 1.59. The molecule has 9 heteroatoms. The monoisotopic (exact) mass is 439 g/mol. The lowest BCUT2D eigenvalue weighted by atomic mass is 9.82. The molecule has 1 spiro atoms. The molecule has 0 atom stereocenters. The van der Waals surface area contributed by atoms with Crippen LogP contribution in [0.1, 0.15) is 39.2 Å². The van der Waals surface area contributed by atoms with Crippen LogP contribution in [0.3, 0.4) is 0 Å². The third-order valence-electron chi connectivity index (χ3n) is 5.92. The van der Waals surface area contributed by atoms with E-state index < -0.39 is 23.3 Å². The van der Waals surface area contributed by atoms with Gasteiger partial charge in [-0.3, -0.25) is 4.79 Å². The van der Waals surface area contributed by atoms with E-state index in [2.05, 4.69) is 29.4 Å². The molecular weight excluding hydrogens is 411 g/mol. The number of carbonyl (C=O) groups excluding carboxylic acids is 2. The predicted molar refractivity (Wildman–Crippen MR) is 110 cm³/mol. The van der Waals surface area contributed by atoms with E-state index in [0.29, 0.717) is 35.7 Å². The number of benzene rings is 1. The lowest BCUT2D eigenvalue weighted by Crippen LogP contribution is -2.50. The van der Waals surface area contributed by atoms with Crippen molar-refractivity contribution in [2.24, 2.45) is 0 Å². The fraction of sp³-hybridized carbons (Fsp3) is 0.545. The van der Waals surface area contributed by atoms with Crippen LogP contribution in [0.5, 0.6) is 0 Å². The Hall–Kier alpha value is -2.55. The molecule has 0 aliphatic carbocycles. The minimum absolute atomic E-state index is 0.189. The molecule has 0 unspecified atom stereocenters. The van der Waals surface area contributed by atoms with Crippen molar-refractivity contribution >= 4 is 17.6 Å². The summed E-state index contributed by atoms with van der Waals surface area (Å²) in [7, 11) is 0. The van der Waals surface area contributed by atoms with E-state index in [0.717, 1.165) is 25.2 Å². The first-order valence-electron chi connectivity index (χ1n) is 10.4. The second-order valence-electron chi connectivity index (χ2n) is 8.27. The molecule has 1 amide bonds. The molecule has 2 N–H and O–H groups in total. The third kappa shape index (κ3) is 5.03. The lowest BCUT2D eigenvalue weighted by molar-refractivity contribution is -0.151. The van der Waals surface area contributed by atoms with Crippen LogP contribution < -0.4 is 10.6 Å². The largest absolute Gasteiger partial charge is 0.450 e. The summed E-state index contributed by atoms with van der Waals surface area (Å²) in [4.78, 5) is 27.4. The second-order valence-corrected chi connectivity index (χ2v) is 8.27. The van der Waals surface area contributed by atoms with Gasteiger partial charge in [0.1, 0.15) is 5.60 Å². The summed E-state index contributed by atoms with van der Waals surface area (Å²) in [5, 5.41) is 5.65. The molecule has 0 saturated carbocycles. The smallest absolute Gasteiger partial charge is 0.416 e. The van der Waals surface area contributed by atoms with Gasteiger partial charge in [0.05, 0.1) is 11.1 Å². The maximum Gasteiger partial charge on any atom is 0.416 e. The molecule has 2 heterocycles. The standard InChI is InChI=1S/C22H28F3N3O3/c1-14(2)28-11-7-21(8-12-28)18(15(3)20(30)31-21)19(29)27-10-9-26-17-6-4-5-16(13-17)22(23,24)25/h4-6,13-14,26H,7-12H2,1-3H3,(H,27,29). The Bertz CT molecular complexity index is 872. The number of rotatable bonds is 6. The Labute approximate surface area is 179 Å². The fourth-order valence-corrected chi connectivity index (χ4v) is 4.16. The van der Waals surface area contributed by atoms with E-state index in [1.54, 1.807) is 6.92 Å². The van der Waals surface area contributed by atoms with Gasteiger partial charge >= 0.3 is 12.1 Å². The maximum atomic E-state index is 12.9. The number of anilines is 1. The van der Waals surface area contributed by atoms with Gasteiger partial charge < -0.3 is 20.3 Å². The van der Waals surface area contributed by atoms with Crippen LogP contribution in [0.2, 0.25) is 0 Å². The van der Waals surface area contributed by atoms with E-state index >= 15 is 0 Å². The highest BCUT2D eigenvalue weighted by Gasteiger charge is 2.50. The average molecular weight is 439 g/mol. The number of piperidine rings is 1. The molecule has 3 rings (SSSR count). The van der Waals surface area contributed by atoms with Crippen molar-refractivity contribution in [3.05, 3.63) is 41.0 Å². The zero-order valence-corrected chi connectivity index (χ0v) is 17.9. The van der Waals surface area contributed by atoms with Crippen LogP contribution in [0.4, 0.5) is 18.9 Å². The topological polar surface area (TPSA) is 70.7 Å². The third-order valence-corrected chi connectivity index (χ3v) is 5.92. The highest BCUT2D eigenvalue weighted by molar-refractivity contribution is 6.07. The van der Waals surface area contributed by atoms with E-state index in [1.165, 1.54) is 12.1 Å².